The van der Waals surface area contributed by atoms with Crippen LogP contribution in [0.25, 0.3) is 0 Å². The van der Waals surface area contributed by atoms with Crippen LogP contribution in [0, 0.1) is 12.7 Å². The molecule has 1 aromatic carbocycles. The molecule has 31 heavy (non-hydrogen) atoms. The van der Waals surface area contributed by atoms with Gasteiger partial charge >= 0.3 is 5.69 Å². The van der Waals surface area contributed by atoms with E-state index in [0.29, 0.717) is 37.3 Å². The molecule has 10 heteroatoms. The van der Waals surface area contributed by atoms with Gasteiger partial charge in [0.15, 0.2) is 0 Å². The van der Waals surface area contributed by atoms with Gasteiger partial charge in [0.25, 0.3) is 5.91 Å². The Morgan fingerprint density at radius 2 is 1.97 bits per heavy atom. The number of carbonyl (C=O) groups excluding carboxylic acids is 1. The molecule has 164 valence electrons. The first kappa shape index (κ1) is 21.3. The number of amides is 1. The normalized spacial score (nSPS) is 13.3. The number of benzene rings is 1. The quantitative estimate of drug-likeness (QED) is 0.565. The van der Waals surface area contributed by atoms with E-state index in [2.05, 4.69) is 15.5 Å². The number of nitrogens with zero attached hydrogens (tertiary/aromatic N) is 5. The molecule has 4 rings (SSSR count). The largest absolute Gasteiger partial charge is 0.352 e. The van der Waals surface area contributed by atoms with Crippen molar-refractivity contribution in [2.75, 3.05) is 6.54 Å². The van der Waals surface area contributed by atoms with Crippen molar-refractivity contribution in [3.8, 4) is 0 Å². The van der Waals surface area contributed by atoms with Gasteiger partial charge in [-0.3, -0.25) is 9.36 Å². The van der Waals surface area contributed by atoms with Crippen LogP contribution in [0.2, 0.25) is 5.15 Å². The second-order valence-electron chi connectivity index (χ2n) is 7.68. The van der Waals surface area contributed by atoms with Gasteiger partial charge in [0.2, 0.25) is 0 Å². The molecule has 0 atom stereocenters. The lowest BCUT2D eigenvalue weighted by Gasteiger charge is -2.09. The standard InChI is InChI=1S/C21H24ClFN6O2/c1-14-18(19(22)29(25-14)13-15-6-8-16(23)9-7-15)20(30)24-10-4-12-28-21(31)27-11-3-2-5-17(27)26-28/h6-9H,2-5,10-13H2,1H3,(H,24,30). The Hall–Kier alpha value is -2.94. The summed E-state index contributed by atoms with van der Waals surface area (Å²) < 4.78 is 17.8. The molecule has 3 heterocycles. The summed E-state index contributed by atoms with van der Waals surface area (Å²) in [4.78, 5) is 25.0. The van der Waals surface area contributed by atoms with Crippen LogP contribution in [0.3, 0.4) is 0 Å². The number of fused-ring (bicyclic) bond motifs is 1. The van der Waals surface area contributed by atoms with Crippen LogP contribution in [0.5, 0.6) is 0 Å². The van der Waals surface area contributed by atoms with E-state index in [1.54, 1.807) is 23.6 Å². The number of nitrogens with one attached hydrogen (secondary N) is 1. The van der Waals surface area contributed by atoms with E-state index in [4.69, 9.17) is 11.6 Å². The molecule has 0 aliphatic carbocycles. The van der Waals surface area contributed by atoms with Crippen molar-refractivity contribution in [1.82, 2.24) is 29.4 Å². The topological polar surface area (TPSA) is 86.7 Å². The van der Waals surface area contributed by atoms with Crippen molar-refractivity contribution in [2.45, 2.75) is 52.2 Å². The fourth-order valence-electron chi connectivity index (χ4n) is 3.79. The smallest absolute Gasteiger partial charge is 0.345 e. The van der Waals surface area contributed by atoms with Crippen molar-refractivity contribution in [3.63, 3.8) is 0 Å². The zero-order valence-corrected chi connectivity index (χ0v) is 18.0. The lowest BCUT2D eigenvalue weighted by atomic mass is 10.2. The van der Waals surface area contributed by atoms with Gasteiger partial charge in [-0.25, -0.2) is 18.5 Å². The molecule has 0 unspecified atom stereocenters. The van der Waals surface area contributed by atoms with E-state index in [1.165, 1.54) is 21.5 Å². The fourth-order valence-corrected chi connectivity index (χ4v) is 4.11. The second-order valence-corrected chi connectivity index (χ2v) is 8.03. The molecule has 8 nitrogen and oxygen atoms in total. The SMILES string of the molecule is Cc1nn(Cc2ccc(F)cc2)c(Cl)c1C(=O)NCCCn1nc2n(c1=O)CCCC2. The van der Waals surface area contributed by atoms with E-state index >= 15 is 0 Å². The minimum Gasteiger partial charge on any atom is -0.352 e. The van der Waals surface area contributed by atoms with Crippen LogP contribution >= 0.6 is 11.6 Å². The van der Waals surface area contributed by atoms with Crippen LogP contribution in [0.4, 0.5) is 4.39 Å². The molecule has 0 saturated heterocycles. The number of aromatic nitrogens is 5. The van der Waals surface area contributed by atoms with Crippen molar-refractivity contribution >= 4 is 17.5 Å². The van der Waals surface area contributed by atoms with Crippen molar-refractivity contribution < 1.29 is 9.18 Å². The Morgan fingerprint density at radius 1 is 1.19 bits per heavy atom. The van der Waals surface area contributed by atoms with Crippen molar-refractivity contribution in [1.29, 1.82) is 0 Å². The highest BCUT2D eigenvalue weighted by molar-refractivity contribution is 6.33. The van der Waals surface area contributed by atoms with Gasteiger partial charge in [-0.15, -0.1) is 0 Å². The average molecular weight is 447 g/mol. The molecule has 3 aromatic rings. The number of halogens is 2. The van der Waals surface area contributed by atoms with Crippen LogP contribution in [-0.4, -0.2) is 36.6 Å². The minimum absolute atomic E-state index is 0.0815. The first-order chi connectivity index (χ1) is 14.9. The van der Waals surface area contributed by atoms with Gasteiger partial charge in [-0.05, 0) is 43.9 Å². The lowest BCUT2D eigenvalue weighted by Crippen LogP contribution is -2.29. The molecule has 0 fully saturated rings. The number of rotatable bonds is 7. The third-order valence-corrected chi connectivity index (χ3v) is 5.79. The molecule has 0 radical (unpaired) electrons. The molecular weight excluding hydrogens is 423 g/mol. The number of hydrogen-bond acceptors (Lipinski definition) is 4. The predicted octanol–water partition coefficient (Wildman–Crippen LogP) is 2.55. The zero-order chi connectivity index (χ0) is 22.0. The third kappa shape index (κ3) is 4.56. The first-order valence-corrected chi connectivity index (χ1v) is 10.7. The summed E-state index contributed by atoms with van der Waals surface area (Å²) in [5.74, 6) is 0.213. The molecule has 2 aromatic heterocycles. The van der Waals surface area contributed by atoms with Gasteiger partial charge in [0, 0.05) is 26.1 Å². The monoisotopic (exact) mass is 446 g/mol. The summed E-state index contributed by atoms with van der Waals surface area (Å²) in [7, 11) is 0. The van der Waals surface area contributed by atoms with E-state index in [9.17, 15) is 14.0 Å². The molecule has 0 saturated carbocycles. The molecule has 0 spiro atoms. The molecule has 1 amide bonds. The molecule has 0 bridgehead atoms. The predicted molar refractivity (Wildman–Crippen MR) is 114 cm³/mol. The van der Waals surface area contributed by atoms with E-state index in [-0.39, 0.29) is 22.6 Å². The van der Waals surface area contributed by atoms with Crippen LogP contribution in [0.15, 0.2) is 29.1 Å². The second kappa shape index (κ2) is 9.05. The first-order valence-electron chi connectivity index (χ1n) is 10.4. The highest BCUT2D eigenvalue weighted by Crippen LogP contribution is 2.21. The van der Waals surface area contributed by atoms with Gasteiger partial charge in [-0.2, -0.15) is 10.2 Å². The van der Waals surface area contributed by atoms with Gasteiger partial charge in [0.1, 0.15) is 16.8 Å². The van der Waals surface area contributed by atoms with Crippen LogP contribution in [-0.2, 0) is 26.1 Å². The van der Waals surface area contributed by atoms with Gasteiger partial charge < -0.3 is 5.32 Å². The van der Waals surface area contributed by atoms with Crippen LogP contribution < -0.4 is 11.0 Å². The number of carbonyl (C=O) groups is 1. The molecule has 1 aliphatic rings. The summed E-state index contributed by atoms with van der Waals surface area (Å²) in [5, 5.41) is 11.8. The van der Waals surface area contributed by atoms with Gasteiger partial charge in [-0.1, -0.05) is 23.7 Å². The highest BCUT2D eigenvalue weighted by Gasteiger charge is 2.20. The van der Waals surface area contributed by atoms with E-state index < -0.39 is 0 Å². The van der Waals surface area contributed by atoms with Crippen molar-refractivity contribution in [3.05, 3.63) is 68.4 Å². The molecular formula is C21H24ClFN6O2. The molecule has 1 aliphatic heterocycles. The average Bonchev–Trinajstić information content (AvgIpc) is 3.22. The summed E-state index contributed by atoms with van der Waals surface area (Å²) >= 11 is 6.40. The van der Waals surface area contributed by atoms with Crippen LogP contribution in [0.1, 0.15) is 46.7 Å². The Morgan fingerprint density at radius 3 is 2.71 bits per heavy atom. The molecule has 1 N–H and O–H groups in total. The zero-order valence-electron chi connectivity index (χ0n) is 17.3. The lowest BCUT2D eigenvalue weighted by molar-refractivity contribution is 0.0952. The maximum absolute atomic E-state index is 13.1. The van der Waals surface area contributed by atoms with Gasteiger partial charge in [0.05, 0.1) is 17.8 Å². The van der Waals surface area contributed by atoms with E-state index in [0.717, 1.165) is 37.2 Å². The Bertz CT molecular complexity index is 1150. The Kier molecular flexibility index (Phi) is 6.22. The number of aryl methyl sites for hydroxylation is 3. The maximum Gasteiger partial charge on any atom is 0.345 e. The Labute approximate surface area is 183 Å². The minimum atomic E-state index is -0.315. The fraction of sp³-hybridized carbons (Fsp3) is 0.429. The third-order valence-electron chi connectivity index (χ3n) is 5.40. The highest BCUT2D eigenvalue weighted by atomic mass is 35.5. The summed E-state index contributed by atoms with van der Waals surface area (Å²) in [6.45, 7) is 3.60. The van der Waals surface area contributed by atoms with Crippen molar-refractivity contribution in [2.24, 2.45) is 0 Å². The maximum atomic E-state index is 13.1. The summed E-state index contributed by atoms with van der Waals surface area (Å²) in [5.41, 5.74) is 1.58. The summed E-state index contributed by atoms with van der Waals surface area (Å²) in [6, 6.07) is 6.04. The van der Waals surface area contributed by atoms with E-state index in [1.807, 2.05) is 0 Å². The summed E-state index contributed by atoms with van der Waals surface area (Å²) in [6.07, 6.45) is 3.46. The Balaban J connectivity index is 1.34. The number of hydrogen-bond donors (Lipinski definition) is 1.